The highest BCUT2D eigenvalue weighted by Gasteiger charge is 2.35. The van der Waals surface area contributed by atoms with Gasteiger partial charge in [-0.15, -0.1) is 11.6 Å². The fourth-order valence-corrected chi connectivity index (χ4v) is 4.55. The first-order valence-corrected chi connectivity index (χ1v) is 11.8. The molecule has 1 heterocycles. The maximum Gasteiger partial charge on any atom is 0.247 e. The molecule has 1 N–H and O–H groups in total. The zero-order chi connectivity index (χ0) is 22.5. The van der Waals surface area contributed by atoms with Crippen LogP contribution in [0.1, 0.15) is 37.3 Å². The standard InChI is InChI=1S/C24H26Cl2N2O4/c25-13-22(29)28(14-19-15-31-20-7-3-4-8-21(20)32-19)23(16-9-11-17(26)12-10-16)24(30)27-18-5-1-2-6-18/h3-4,7-12,18-19,23H,1-2,5-6,13-15H2,(H,27,30)/t19-,23+/m0/s1. The van der Waals surface area contributed by atoms with Gasteiger partial charge in [0.25, 0.3) is 0 Å². The van der Waals surface area contributed by atoms with Crippen LogP contribution in [0.4, 0.5) is 0 Å². The highest BCUT2D eigenvalue weighted by atomic mass is 35.5. The van der Waals surface area contributed by atoms with Gasteiger partial charge in [0.15, 0.2) is 17.6 Å². The van der Waals surface area contributed by atoms with E-state index in [1.165, 1.54) is 4.90 Å². The highest BCUT2D eigenvalue weighted by molar-refractivity contribution is 6.30. The Morgan fingerprint density at radius 2 is 1.75 bits per heavy atom. The van der Waals surface area contributed by atoms with Gasteiger partial charge >= 0.3 is 0 Å². The summed E-state index contributed by atoms with van der Waals surface area (Å²) in [6, 6.07) is 13.6. The average Bonchev–Trinajstić information content (AvgIpc) is 3.32. The minimum Gasteiger partial charge on any atom is -0.486 e. The molecule has 2 aromatic rings. The molecule has 1 aliphatic carbocycles. The number of nitrogens with one attached hydrogen (secondary N) is 1. The number of ether oxygens (including phenoxy) is 2. The summed E-state index contributed by atoms with van der Waals surface area (Å²) in [6.45, 7) is 0.423. The molecule has 4 rings (SSSR count). The van der Waals surface area contributed by atoms with Crippen LogP contribution in [0.5, 0.6) is 11.5 Å². The summed E-state index contributed by atoms with van der Waals surface area (Å²) in [5, 5.41) is 3.68. The number of hydrogen-bond donors (Lipinski definition) is 1. The van der Waals surface area contributed by atoms with Gasteiger partial charge in [0.2, 0.25) is 11.8 Å². The van der Waals surface area contributed by atoms with Crippen LogP contribution in [0.3, 0.4) is 0 Å². The minimum atomic E-state index is -0.847. The molecule has 32 heavy (non-hydrogen) atoms. The van der Waals surface area contributed by atoms with Gasteiger partial charge in [-0.05, 0) is 42.7 Å². The predicted octanol–water partition coefficient (Wildman–Crippen LogP) is 4.35. The fourth-order valence-electron chi connectivity index (χ4n) is 4.27. The Morgan fingerprint density at radius 3 is 2.44 bits per heavy atom. The molecule has 8 heteroatoms. The Balaban J connectivity index is 1.60. The maximum absolute atomic E-state index is 13.4. The summed E-state index contributed by atoms with van der Waals surface area (Å²) in [6.07, 6.45) is 3.63. The van der Waals surface area contributed by atoms with E-state index >= 15 is 0 Å². The van der Waals surface area contributed by atoms with Crippen molar-refractivity contribution in [1.29, 1.82) is 0 Å². The minimum absolute atomic E-state index is 0.117. The summed E-state index contributed by atoms with van der Waals surface area (Å²) >= 11 is 12.0. The van der Waals surface area contributed by atoms with Gasteiger partial charge < -0.3 is 19.7 Å². The SMILES string of the molecule is O=C(NC1CCCC1)[C@@H](c1ccc(Cl)cc1)N(C[C@H]1COc2ccccc2O1)C(=O)CCl. The molecule has 0 unspecified atom stereocenters. The lowest BCUT2D eigenvalue weighted by Crippen LogP contribution is -2.51. The third-order valence-electron chi connectivity index (χ3n) is 5.85. The van der Waals surface area contributed by atoms with E-state index in [1.807, 2.05) is 24.3 Å². The quantitative estimate of drug-likeness (QED) is 0.603. The van der Waals surface area contributed by atoms with Crippen LogP contribution < -0.4 is 14.8 Å². The summed E-state index contributed by atoms with van der Waals surface area (Å²) < 4.78 is 11.9. The van der Waals surface area contributed by atoms with Crippen LogP contribution >= 0.6 is 23.2 Å². The molecular weight excluding hydrogens is 451 g/mol. The first-order valence-electron chi connectivity index (χ1n) is 10.8. The molecule has 1 saturated carbocycles. The van der Waals surface area contributed by atoms with Crippen LogP contribution in [-0.2, 0) is 9.59 Å². The van der Waals surface area contributed by atoms with E-state index in [1.54, 1.807) is 24.3 Å². The van der Waals surface area contributed by atoms with Crippen LogP contribution in [0, 0.1) is 0 Å². The van der Waals surface area contributed by atoms with E-state index in [2.05, 4.69) is 5.32 Å². The van der Waals surface area contributed by atoms with Crippen molar-refractivity contribution in [2.24, 2.45) is 0 Å². The van der Waals surface area contributed by atoms with E-state index in [0.717, 1.165) is 25.7 Å². The third kappa shape index (κ3) is 5.30. The largest absolute Gasteiger partial charge is 0.486 e. The number of nitrogens with zero attached hydrogens (tertiary/aromatic N) is 1. The number of carbonyl (C=O) groups excluding carboxylic acids is 2. The van der Waals surface area contributed by atoms with Gasteiger partial charge in [-0.3, -0.25) is 9.59 Å². The van der Waals surface area contributed by atoms with E-state index in [9.17, 15) is 9.59 Å². The summed E-state index contributed by atoms with van der Waals surface area (Å²) in [7, 11) is 0. The number of amides is 2. The van der Waals surface area contributed by atoms with E-state index in [0.29, 0.717) is 22.1 Å². The van der Waals surface area contributed by atoms with Gasteiger partial charge in [0.05, 0.1) is 6.54 Å². The van der Waals surface area contributed by atoms with Crippen molar-refractivity contribution in [2.75, 3.05) is 19.0 Å². The average molecular weight is 477 g/mol. The Kier molecular flexibility index (Phi) is 7.43. The maximum atomic E-state index is 13.4. The number of para-hydroxylation sites is 2. The molecule has 6 nitrogen and oxygen atoms in total. The van der Waals surface area contributed by atoms with Crippen molar-refractivity contribution in [3.63, 3.8) is 0 Å². The molecule has 0 aromatic heterocycles. The Morgan fingerprint density at radius 1 is 1.06 bits per heavy atom. The van der Waals surface area contributed by atoms with Crippen molar-refractivity contribution in [3.05, 3.63) is 59.1 Å². The van der Waals surface area contributed by atoms with E-state index in [-0.39, 0.29) is 36.9 Å². The second-order valence-electron chi connectivity index (χ2n) is 8.12. The van der Waals surface area contributed by atoms with Crippen molar-refractivity contribution in [1.82, 2.24) is 10.2 Å². The topological polar surface area (TPSA) is 67.9 Å². The molecule has 0 saturated heterocycles. The fraction of sp³-hybridized carbons (Fsp3) is 0.417. The lowest BCUT2D eigenvalue weighted by molar-refractivity contribution is -0.141. The molecule has 0 bridgehead atoms. The van der Waals surface area contributed by atoms with E-state index < -0.39 is 12.1 Å². The third-order valence-corrected chi connectivity index (χ3v) is 6.33. The first-order chi connectivity index (χ1) is 15.5. The van der Waals surface area contributed by atoms with Crippen LogP contribution in [0.25, 0.3) is 0 Å². The first kappa shape index (κ1) is 22.7. The number of benzene rings is 2. The molecule has 1 aliphatic heterocycles. The predicted molar refractivity (Wildman–Crippen MR) is 123 cm³/mol. The smallest absolute Gasteiger partial charge is 0.247 e. The molecule has 2 amide bonds. The van der Waals surface area contributed by atoms with Gasteiger partial charge in [-0.2, -0.15) is 0 Å². The number of alkyl halides is 1. The summed E-state index contributed by atoms with van der Waals surface area (Å²) in [5.41, 5.74) is 0.667. The number of carbonyl (C=O) groups is 2. The Bertz CT molecular complexity index is 947. The van der Waals surface area contributed by atoms with Gasteiger partial charge in [-0.25, -0.2) is 0 Å². The number of rotatable bonds is 7. The van der Waals surface area contributed by atoms with Crippen molar-refractivity contribution < 1.29 is 19.1 Å². The van der Waals surface area contributed by atoms with E-state index in [4.69, 9.17) is 32.7 Å². The monoisotopic (exact) mass is 476 g/mol. The lowest BCUT2D eigenvalue weighted by Gasteiger charge is -2.36. The van der Waals surface area contributed by atoms with Crippen molar-refractivity contribution in [3.8, 4) is 11.5 Å². The second-order valence-corrected chi connectivity index (χ2v) is 8.83. The van der Waals surface area contributed by atoms with Crippen LogP contribution in [0.15, 0.2) is 48.5 Å². The molecule has 0 spiro atoms. The molecule has 2 aliphatic rings. The highest BCUT2D eigenvalue weighted by Crippen LogP contribution is 2.32. The van der Waals surface area contributed by atoms with Gasteiger partial charge in [0, 0.05) is 11.1 Å². The van der Waals surface area contributed by atoms with Crippen molar-refractivity contribution >= 4 is 35.0 Å². The summed E-state index contributed by atoms with van der Waals surface area (Å²) in [4.78, 5) is 27.9. The number of hydrogen-bond acceptors (Lipinski definition) is 4. The molecule has 0 radical (unpaired) electrons. The number of halogens is 2. The lowest BCUT2D eigenvalue weighted by atomic mass is 10.0. The van der Waals surface area contributed by atoms with Gasteiger partial charge in [-0.1, -0.05) is 48.7 Å². The normalized spacial score (nSPS) is 18.8. The summed E-state index contributed by atoms with van der Waals surface area (Å²) in [5.74, 6) is 0.448. The molecule has 170 valence electrons. The van der Waals surface area contributed by atoms with Crippen LogP contribution in [-0.4, -0.2) is 47.9 Å². The second kappa shape index (κ2) is 10.5. The number of fused-ring (bicyclic) bond motifs is 1. The Hall–Kier alpha value is -2.44. The van der Waals surface area contributed by atoms with Crippen LogP contribution in [0.2, 0.25) is 5.02 Å². The Labute approximate surface area is 197 Å². The molecule has 1 fully saturated rings. The molecular formula is C24H26Cl2N2O4. The molecule has 2 aromatic carbocycles. The zero-order valence-corrected chi connectivity index (χ0v) is 19.1. The zero-order valence-electron chi connectivity index (χ0n) is 17.6. The van der Waals surface area contributed by atoms with Crippen molar-refractivity contribution in [2.45, 2.75) is 43.9 Å². The van der Waals surface area contributed by atoms with Gasteiger partial charge in [0.1, 0.15) is 18.5 Å². The molecule has 2 atom stereocenters.